The van der Waals surface area contributed by atoms with Crippen LogP contribution in [0.15, 0.2) is 48.5 Å². The lowest BCUT2D eigenvalue weighted by atomic mass is 10.0. The van der Waals surface area contributed by atoms with Crippen molar-refractivity contribution in [3.05, 3.63) is 59.9 Å². The van der Waals surface area contributed by atoms with Gasteiger partial charge in [0.25, 0.3) is 5.91 Å². The number of hydrogen-bond acceptors (Lipinski definition) is 2. The van der Waals surface area contributed by atoms with Crippen molar-refractivity contribution in [2.75, 3.05) is 24.6 Å². The van der Waals surface area contributed by atoms with Gasteiger partial charge in [-0.15, -0.1) is 0 Å². The van der Waals surface area contributed by atoms with Gasteiger partial charge in [0.2, 0.25) is 0 Å². The van der Waals surface area contributed by atoms with Gasteiger partial charge in [-0.25, -0.2) is 4.39 Å². The van der Waals surface area contributed by atoms with E-state index in [1.807, 2.05) is 40.9 Å². The monoisotopic (exact) mass is 301 g/mol. The second-order valence-corrected chi connectivity index (χ2v) is 6.22. The number of carbonyl (C=O) groups is 1. The maximum atomic E-state index is 13.0. The first-order valence-electron chi connectivity index (χ1n) is 6.97. The Balaban J connectivity index is 1.85. The Hall–Kier alpha value is -1.81. The Morgan fingerprint density at radius 2 is 1.71 bits per heavy atom. The zero-order chi connectivity index (χ0) is 14.7. The van der Waals surface area contributed by atoms with Gasteiger partial charge in [0.1, 0.15) is 5.82 Å². The minimum absolute atomic E-state index is 0.0826. The van der Waals surface area contributed by atoms with Gasteiger partial charge in [0.05, 0.1) is 0 Å². The van der Waals surface area contributed by atoms with Crippen molar-refractivity contribution in [1.82, 2.24) is 4.90 Å². The molecule has 2 nitrogen and oxygen atoms in total. The Bertz CT molecular complexity index is 635. The van der Waals surface area contributed by atoms with Crippen molar-refractivity contribution >= 4 is 17.7 Å². The highest BCUT2D eigenvalue weighted by Crippen LogP contribution is 2.22. The van der Waals surface area contributed by atoms with Crippen LogP contribution in [0.25, 0.3) is 11.1 Å². The van der Waals surface area contributed by atoms with Crippen LogP contribution in [0.5, 0.6) is 0 Å². The van der Waals surface area contributed by atoms with Crippen LogP contribution in [0.3, 0.4) is 0 Å². The van der Waals surface area contributed by atoms with Gasteiger partial charge < -0.3 is 4.90 Å². The van der Waals surface area contributed by atoms with Gasteiger partial charge in [-0.2, -0.15) is 11.8 Å². The number of halogens is 1. The van der Waals surface area contributed by atoms with E-state index in [0.717, 1.165) is 35.7 Å². The van der Waals surface area contributed by atoms with Crippen molar-refractivity contribution in [1.29, 1.82) is 0 Å². The SMILES string of the molecule is O=C(c1cccc(-c2ccc(F)cc2)c1)N1CCSCC1. The molecule has 0 N–H and O–H groups in total. The second kappa shape index (κ2) is 6.31. The Labute approximate surface area is 128 Å². The minimum atomic E-state index is -0.253. The van der Waals surface area contributed by atoms with Gasteiger partial charge in [-0.1, -0.05) is 24.3 Å². The summed E-state index contributed by atoms with van der Waals surface area (Å²) in [7, 11) is 0. The molecule has 0 aromatic heterocycles. The number of rotatable bonds is 2. The number of carbonyl (C=O) groups excluding carboxylic acids is 1. The van der Waals surface area contributed by atoms with Crippen molar-refractivity contribution in [2.45, 2.75) is 0 Å². The Kier molecular flexibility index (Phi) is 4.25. The summed E-state index contributed by atoms with van der Waals surface area (Å²) in [5.41, 5.74) is 2.55. The molecule has 0 unspecified atom stereocenters. The minimum Gasteiger partial charge on any atom is -0.337 e. The maximum absolute atomic E-state index is 13.0. The molecule has 0 aliphatic carbocycles. The van der Waals surface area contributed by atoms with E-state index in [9.17, 15) is 9.18 Å². The molecule has 0 spiro atoms. The predicted molar refractivity (Wildman–Crippen MR) is 85.1 cm³/mol. The third kappa shape index (κ3) is 3.27. The summed E-state index contributed by atoms with van der Waals surface area (Å²) >= 11 is 1.88. The summed E-state index contributed by atoms with van der Waals surface area (Å²) in [6.45, 7) is 1.62. The van der Waals surface area contributed by atoms with E-state index in [4.69, 9.17) is 0 Å². The van der Waals surface area contributed by atoms with Crippen molar-refractivity contribution < 1.29 is 9.18 Å². The van der Waals surface area contributed by atoms with E-state index in [1.165, 1.54) is 12.1 Å². The van der Waals surface area contributed by atoms with E-state index < -0.39 is 0 Å². The summed E-state index contributed by atoms with van der Waals surface area (Å²) in [5.74, 6) is 1.84. The average Bonchev–Trinajstić information content (AvgIpc) is 2.56. The molecule has 2 aromatic carbocycles. The predicted octanol–water partition coefficient (Wildman–Crippen LogP) is 3.68. The van der Waals surface area contributed by atoms with Crippen LogP contribution < -0.4 is 0 Å². The van der Waals surface area contributed by atoms with Crippen LogP contribution in [0, 0.1) is 5.82 Å². The van der Waals surface area contributed by atoms with Crippen LogP contribution in [0.2, 0.25) is 0 Å². The normalized spacial score (nSPS) is 15.0. The summed E-state index contributed by atoms with van der Waals surface area (Å²) in [5, 5.41) is 0. The van der Waals surface area contributed by atoms with Crippen molar-refractivity contribution in [3.63, 3.8) is 0 Å². The summed E-state index contributed by atoms with van der Waals surface area (Å²) < 4.78 is 13.0. The second-order valence-electron chi connectivity index (χ2n) is 4.99. The molecule has 1 fully saturated rings. The van der Waals surface area contributed by atoms with Gasteiger partial charge in [0.15, 0.2) is 0 Å². The van der Waals surface area contributed by atoms with Gasteiger partial charge in [0, 0.05) is 30.2 Å². The summed E-state index contributed by atoms with van der Waals surface area (Å²) in [4.78, 5) is 14.4. The van der Waals surface area contributed by atoms with E-state index in [0.29, 0.717) is 5.56 Å². The van der Waals surface area contributed by atoms with E-state index in [-0.39, 0.29) is 11.7 Å². The van der Waals surface area contributed by atoms with Crippen LogP contribution in [0.1, 0.15) is 10.4 Å². The molecule has 0 radical (unpaired) electrons. The van der Waals surface area contributed by atoms with Gasteiger partial charge in [-0.05, 0) is 35.4 Å². The lowest BCUT2D eigenvalue weighted by Gasteiger charge is -2.26. The van der Waals surface area contributed by atoms with Crippen molar-refractivity contribution in [3.8, 4) is 11.1 Å². The molecule has 1 aliphatic heterocycles. The third-order valence-corrected chi connectivity index (χ3v) is 4.53. The maximum Gasteiger partial charge on any atom is 0.253 e. The van der Waals surface area contributed by atoms with E-state index >= 15 is 0 Å². The summed E-state index contributed by atoms with van der Waals surface area (Å²) in [6, 6.07) is 13.9. The van der Waals surface area contributed by atoms with Crippen molar-refractivity contribution in [2.24, 2.45) is 0 Å². The topological polar surface area (TPSA) is 20.3 Å². The van der Waals surface area contributed by atoms with Crippen LogP contribution in [-0.4, -0.2) is 35.4 Å². The molecule has 0 saturated carbocycles. The Morgan fingerprint density at radius 1 is 1.00 bits per heavy atom. The zero-order valence-electron chi connectivity index (χ0n) is 11.6. The lowest BCUT2D eigenvalue weighted by molar-refractivity contribution is 0.0772. The molecule has 0 atom stereocenters. The number of benzene rings is 2. The molecule has 1 aliphatic rings. The first kappa shape index (κ1) is 14.1. The molecular weight excluding hydrogens is 285 g/mol. The average molecular weight is 301 g/mol. The molecule has 21 heavy (non-hydrogen) atoms. The molecule has 4 heteroatoms. The highest BCUT2D eigenvalue weighted by molar-refractivity contribution is 7.99. The zero-order valence-corrected chi connectivity index (χ0v) is 12.4. The standard InChI is InChI=1S/C17H16FNOS/c18-16-6-4-13(5-7-16)14-2-1-3-15(12-14)17(20)19-8-10-21-11-9-19/h1-7,12H,8-11H2. The molecular formula is C17H16FNOS. The quantitative estimate of drug-likeness (QED) is 0.843. The van der Waals surface area contributed by atoms with Gasteiger partial charge >= 0.3 is 0 Å². The van der Waals surface area contributed by atoms with Crippen LogP contribution in [-0.2, 0) is 0 Å². The molecule has 108 valence electrons. The Morgan fingerprint density at radius 3 is 2.43 bits per heavy atom. The summed E-state index contributed by atoms with van der Waals surface area (Å²) in [6.07, 6.45) is 0. The third-order valence-electron chi connectivity index (χ3n) is 3.59. The smallest absolute Gasteiger partial charge is 0.253 e. The molecule has 1 heterocycles. The molecule has 1 amide bonds. The van der Waals surface area contributed by atoms with Crippen LogP contribution in [0.4, 0.5) is 4.39 Å². The van der Waals surface area contributed by atoms with Gasteiger partial charge in [-0.3, -0.25) is 4.79 Å². The molecule has 2 aromatic rings. The lowest BCUT2D eigenvalue weighted by Crippen LogP contribution is -2.37. The number of nitrogens with zero attached hydrogens (tertiary/aromatic N) is 1. The van der Waals surface area contributed by atoms with Crippen LogP contribution >= 0.6 is 11.8 Å². The highest BCUT2D eigenvalue weighted by atomic mass is 32.2. The largest absolute Gasteiger partial charge is 0.337 e. The van der Waals surface area contributed by atoms with E-state index in [1.54, 1.807) is 12.1 Å². The first-order valence-corrected chi connectivity index (χ1v) is 8.12. The van der Waals surface area contributed by atoms with E-state index in [2.05, 4.69) is 0 Å². The number of amides is 1. The highest BCUT2D eigenvalue weighted by Gasteiger charge is 2.18. The number of thioether (sulfide) groups is 1. The molecule has 3 rings (SSSR count). The molecule has 1 saturated heterocycles. The number of hydrogen-bond donors (Lipinski definition) is 0. The fourth-order valence-corrected chi connectivity index (χ4v) is 3.33. The fourth-order valence-electron chi connectivity index (χ4n) is 2.42. The fraction of sp³-hybridized carbons (Fsp3) is 0.235. The first-order chi connectivity index (χ1) is 10.2. The molecule has 0 bridgehead atoms.